The predicted octanol–water partition coefficient (Wildman–Crippen LogP) is 4.96. The summed E-state index contributed by atoms with van der Waals surface area (Å²) in [6.45, 7) is 8.76. The summed E-state index contributed by atoms with van der Waals surface area (Å²) in [5.74, 6) is 1.87. The van der Waals surface area contributed by atoms with Gasteiger partial charge in [0, 0.05) is 59.7 Å². The van der Waals surface area contributed by atoms with Gasteiger partial charge in [0.15, 0.2) is 0 Å². The number of ether oxygens (including phenoxy) is 1. The quantitative estimate of drug-likeness (QED) is 0.317. The number of hydrogen-bond acceptors (Lipinski definition) is 6. The Balaban J connectivity index is 1.30. The van der Waals surface area contributed by atoms with Crippen LogP contribution in [0.1, 0.15) is 18.9 Å². The number of hydrogen-bond donors (Lipinski definition) is 0. The van der Waals surface area contributed by atoms with E-state index in [0.717, 1.165) is 52.3 Å². The fraction of sp³-hybridized carbons (Fsp3) is 0.296. The number of methoxy groups -OCH3 is 1. The van der Waals surface area contributed by atoms with Crippen LogP contribution in [-0.4, -0.2) is 58.3 Å². The lowest BCUT2D eigenvalue weighted by atomic mass is 9.86. The van der Waals surface area contributed by atoms with E-state index in [1.165, 1.54) is 12.0 Å². The summed E-state index contributed by atoms with van der Waals surface area (Å²) in [5, 5.41) is 13.8. The first kappa shape index (κ1) is 23.3. The Labute approximate surface area is 213 Å². The number of aromatic nitrogens is 3. The van der Waals surface area contributed by atoms with Crippen LogP contribution in [-0.2, 0) is 4.74 Å². The zero-order valence-corrected chi connectivity index (χ0v) is 21.4. The normalized spacial score (nSPS) is 20.5. The summed E-state index contributed by atoms with van der Waals surface area (Å²) in [7, 11) is 1.68. The van der Waals surface area contributed by atoms with E-state index in [9.17, 15) is 5.26 Å². The lowest BCUT2D eigenvalue weighted by Gasteiger charge is -2.56. The van der Waals surface area contributed by atoms with Crippen molar-refractivity contribution < 1.29 is 4.74 Å². The van der Waals surface area contributed by atoms with Gasteiger partial charge >= 0.3 is 0 Å². The number of piperidine rings is 1. The van der Waals surface area contributed by atoms with Gasteiger partial charge in [-0.3, -0.25) is 4.90 Å². The Kier molecular flexibility index (Phi) is 6.46. The minimum atomic E-state index is 0.515. The number of fused-ring (bicyclic) bond motifs is 3. The smallest absolute Gasteiger partial charge is 0.128 e. The van der Waals surface area contributed by atoms with Gasteiger partial charge in [0.1, 0.15) is 11.9 Å². The number of pyridine rings is 2. The van der Waals surface area contributed by atoms with E-state index in [2.05, 4.69) is 61.7 Å². The first-order valence-electron chi connectivity index (χ1n) is 11.6. The van der Waals surface area contributed by atoms with E-state index >= 15 is 0 Å². The van der Waals surface area contributed by atoms with Gasteiger partial charge in [0.05, 0.1) is 30.1 Å². The SMILES string of the molecule is C=C/C(=C\C=C(/C)OC)CN1C2CC1CN(c1ccc(-c3cc(Br)cn4ncc(C#N)c34)cn1)C2. The van der Waals surface area contributed by atoms with E-state index in [1.54, 1.807) is 17.8 Å². The van der Waals surface area contributed by atoms with Crippen molar-refractivity contribution in [3.05, 3.63) is 83.0 Å². The molecule has 7 nitrogen and oxygen atoms in total. The second kappa shape index (κ2) is 9.68. The van der Waals surface area contributed by atoms with Crippen LogP contribution in [0.3, 0.4) is 0 Å². The molecule has 3 aromatic rings. The third kappa shape index (κ3) is 4.49. The van der Waals surface area contributed by atoms with Gasteiger partial charge in [0.2, 0.25) is 0 Å². The van der Waals surface area contributed by atoms with Crippen molar-refractivity contribution in [3.8, 4) is 17.2 Å². The number of rotatable bonds is 7. The number of allylic oxidation sites excluding steroid dienone is 3. The highest BCUT2D eigenvalue weighted by Crippen LogP contribution is 2.36. The highest BCUT2D eigenvalue weighted by atomic mass is 79.9. The molecule has 0 saturated carbocycles. The Morgan fingerprint density at radius 2 is 2.09 bits per heavy atom. The van der Waals surface area contributed by atoms with E-state index in [-0.39, 0.29) is 0 Å². The standard InChI is InChI=1S/C27H27BrN6O/c1-4-19(6-5-18(2)35-3)14-33-23-10-24(33)17-32(16-23)26-8-7-20(12-30-26)25-9-22(28)15-34-27(25)21(11-29)13-31-34/h4-9,12-13,15,23-24H,1,10,14,16-17H2,2-3H3/b18-5+,19-6+. The molecule has 35 heavy (non-hydrogen) atoms. The first-order valence-corrected chi connectivity index (χ1v) is 12.4. The molecule has 0 amide bonds. The van der Waals surface area contributed by atoms with Crippen LogP contribution < -0.4 is 4.90 Å². The minimum absolute atomic E-state index is 0.515. The third-order valence-electron chi connectivity index (χ3n) is 6.91. The third-order valence-corrected chi connectivity index (χ3v) is 7.34. The fourth-order valence-corrected chi connectivity index (χ4v) is 5.37. The highest BCUT2D eigenvalue weighted by Gasteiger charge is 2.44. The maximum absolute atomic E-state index is 9.51. The number of nitriles is 1. The van der Waals surface area contributed by atoms with Crippen molar-refractivity contribution in [2.75, 3.05) is 31.6 Å². The molecule has 0 aliphatic carbocycles. The average Bonchev–Trinajstić information content (AvgIpc) is 3.31. The van der Waals surface area contributed by atoms with E-state index in [1.807, 2.05) is 37.5 Å². The molecule has 3 aromatic heterocycles. The van der Waals surface area contributed by atoms with Crippen molar-refractivity contribution in [2.45, 2.75) is 25.4 Å². The summed E-state index contributed by atoms with van der Waals surface area (Å²) >= 11 is 3.55. The largest absolute Gasteiger partial charge is 0.501 e. The number of nitrogens with zero attached hydrogens (tertiary/aromatic N) is 6. The highest BCUT2D eigenvalue weighted by molar-refractivity contribution is 9.10. The maximum Gasteiger partial charge on any atom is 0.128 e. The van der Waals surface area contributed by atoms with Crippen LogP contribution in [0, 0.1) is 11.3 Å². The molecule has 3 fully saturated rings. The van der Waals surface area contributed by atoms with Crippen molar-refractivity contribution >= 4 is 27.3 Å². The second-order valence-electron chi connectivity index (χ2n) is 8.99. The Morgan fingerprint density at radius 3 is 2.74 bits per heavy atom. The molecule has 3 saturated heterocycles. The molecule has 0 spiro atoms. The average molecular weight is 531 g/mol. The zero-order chi connectivity index (χ0) is 24.5. The van der Waals surface area contributed by atoms with Gasteiger partial charge < -0.3 is 9.64 Å². The van der Waals surface area contributed by atoms with Gasteiger partial charge in [0.25, 0.3) is 0 Å². The summed E-state index contributed by atoms with van der Waals surface area (Å²) in [6.07, 6.45) is 12.6. The fourth-order valence-electron chi connectivity index (χ4n) is 4.94. The number of anilines is 1. The Bertz CT molecular complexity index is 1350. The summed E-state index contributed by atoms with van der Waals surface area (Å²) < 4.78 is 7.86. The molecule has 0 N–H and O–H groups in total. The van der Waals surface area contributed by atoms with Crippen LogP contribution in [0.15, 0.2) is 77.4 Å². The van der Waals surface area contributed by atoms with Gasteiger partial charge in [-0.2, -0.15) is 10.4 Å². The monoisotopic (exact) mass is 530 g/mol. The van der Waals surface area contributed by atoms with Crippen LogP contribution in [0.4, 0.5) is 5.82 Å². The predicted molar refractivity (Wildman–Crippen MR) is 141 cm³/mol. The van der Waals surface area contributed by atoms with Gasteiger partial charge in [-0.25, -0.2) is 9.50 Å². The number of piperazine rings is 1. The topological polar surface area (TPSA) is 69.7 Å². The Morgan fingerprint density at radius 1 is 1.29 bits per heavy atom. The minimum Gasteiger partial charge on any atom is -0.501 e. The lowest BCUT2D eigenvalue weighted by molar-refractivity contribution is 0.00883. The molecule has 6 heterocycles. The lowest BCUT2D eigenvalue weighted by Crippen LogP contribution is -2.69. The molecule has 3 aliphatic rings. The molecule has 178 valence electrons. The first-order chi connectivity index (χ1) is 17.0. The molecule has 6 rings (SSSR count). The molecule has 2 unspecified atom stereocenters. The van der Waals surface area contributed by atoms with Crippen molar-refractivity contribution in [3.63, 3.8) is 0 Å². The molecule has 0 aromatic carbocycles. The molecule has 3 aliphatic heterocycles. The van der Waals surface area contributed by atoms with Crippen molar-refractivity contribution in [1.82, 2.24) is 19.5 Å². The van der Waals surface area contributed by atoms with Crippen molar-refractivity contribution in [2.24, 2.45) is 0 Å². The van der Waals surface area contributed by atoms with Crippen LogP contribution >= 0.6 is 15.9 Å². The van der Waals surface area contributed by atoms with E-state index < -0.39 is 0 Å². The molecule has 8 heteroatoms. The summed E-state index contributed by atoms with van der Waals surface area (Å²) in [6, 6.07) is 9.44. The van der Waals surface area contributed by atoms with Gasteiger partial charge in [-0.15, -0.1) is 0 Å². The van der Waals surface area contributed by atoms with Crippen LogP contribution in [0.5, 0.6) is 0 Å². The van der Waals surface area contributed by atoms with E-state index in [0.29, 0.717) is 17.6 Å². The summed E-state index contributed by atoms with van der Waals surface area (Å²) in [4.78, 5) is 9.74. The van der Waals surface area contributed by atoms with Crippen LogP contribution in [0.2, 0.25) is 0 Å². The van der Waals surface area contributed by atoms with Crippen LogP contribution in [0.25, 0.3) is 16.6 Å². The molecule has 2 atom stereocenters. The molecule has 0 radical (unpaired) electrons. The van der Waals surface area contributed by atoms with Gasteiger partial charge in [-0.05, 0) is 59.1 Å². The molecular weight excluding hydrogens is 504 g/mol. The van der Waals surface area contributed by atoms with Crippen molar-refractivity contribution in [1.29, 1.82) is 5.26 Å². The second-order valence-corrected chi connectivity index (χ2v) is 9.90. The maximum atomic E-state index is 9.51. The zero-order valence-electron chi connectivity index (χ0n) is 19.9. The Hall–Kier alpha value is -3.41. The van der Waals surface area contributed by atoms with E-state index in [4.69, 9.17) is 9.72 Å². The molecule has 2 bridgehead atoms. The van der Waals surface area contributed by atoms with Gasteiger partial charge in [-0.1, -0.05) is 18.7 Å². The molecular formula is C27H27BrN6O. The number of halogens is 1. The summed E-state index contributed by atoms with van der Waals surface area (Å²) in [5.41, 5.74) is 4.43.